The van der Waals surface area contributed by atoms with Gasteiger partial charge in [0.15, 0.2) is 0 Å². The molecule has 0 saturated carbocycles. The molecule has 1 rings (SSSR count). The van der Waals surface area contributed by atoms with Gasteiger partial charge in [0, 0.05) is 26.7 Å². The third kappa shape index (κ3) is 4.24. The normalized spacial score (nSPS) is 16.8. The highest BCUT2D eigenvalue weighted by atomic mass is 16.2. The van der Waals surface area contributed by atoms with Crippen molar-refractivity contribution in [1.82, 2.24) is 15.1 Å². The SMILES string of the molecule is CCNC(=O)CN(C)C(=O)N1CCC(C)CC1. The van der Waals surface area contributed by atoms with Crippen molar-refractivity contribution in [2.75, 3.05) is 33.2 Å². The van der Waals surface area contributed by atoms with Crippen LogP contribution in [0.4, 0.5) is 4.79 Å². The molecular weight excluding hydrogens is 218 g/mol. The van der Waals surface area contributed by atoms with Crippen LogP contribution in [-0.4, -0.2) is 55.0 Å². The second kappa shape index (κ2) is 6.47. The van der Waals surface area contributed by atoms with E-state index in [0.29, 0.717) is 12.5 Å². The van der Waals surface area contributed by atoms with Crippen molar-refractivity contribution in [1.29, 1.82) is 0 Å². The number of likely N-dealkylation sites (tertiary alicyclic amines) is 1. The van der Waals surface area contributed by atoms with Gasteiger partial charge in [-0.2, -0.15) is 0 Å². The summed E-state index contributed by atoms with van der Waals surface area (Å²) in [6, 6.07) is -0.0387. The summed E-state index contributed by atoms with van der Waals surface area (Å²) in [4.78, 5) is 26.7. The maximum atomic E-state index is 12.0. The Hall–Kier alpha value is -1.26. The van der Waals surface area contributed by atoms with Gasteiger partial charge < -0.3 is 15.1 Å². The molecule has 0 aromatic rings. The minimum absolute atomic E-state index is 0.0387. The van der Waals surface area contributed by atoms with Crippen LogP contribution in [0.15, 0.2) is 0 Å². The molecule has 0 bridgehead atoms. The maximum Gasteiger partial charge on any atom is 0.320 e. The van der Waals surface area contributed by atoms with E-state index in [9.17, 15) is 9.59 Å². The third-order valence-electron chi connectivity index (χ3n) is 3.14. The Bertz CT molecular complexity index is 273. The van der Waals surface area contributed by atoms with Crippen LogP contribution >= 0.6 is 0 Å². The molecule has 0 aliphatic carbocycles. The number of nitrogens with one attached hydrogen (secondary N) is 1. The van der Waals surface area contributed by atoms with E-state index in [1.807, 2.05) is 11.8 Å². The van der Waals surface area contributed by atoms with Gasteiger partial charge >= 0.3 is 6.03 Å². The average molecular weight is 241 g/mol. The molecule has 17 heavy (non-hydrogen) atoms. The van der Waals surface area contributed by atoms with Crippen molar-refractivity contribution < 1.29 is 9.59 Å². The zero-order chi connectivity index (χ0) is 12.8. The fraction of sp³-hybridized carbons (Fsp3) is 0.833. The van der Waals surface area contributed by atoms with Crippen molar-refractivity contribution in [2.24, 2.45) is 5.92 Å². The van der Waals surface area contributed by atoms with Gasteiger partial charge in [0.05, 0.1) is 0 Å². The van der Waals surface area contributed by atoms with E-state index in [-0.39, 0.29) is 18.5 Å². The minimum Gasteiger partial charge on any atom is -0.355 e. The largest absolute Gasteiger partial charge is 0.355 e. The average Bonchev–Trinajstić information content (AvgIpc) is 2.29. The lowest BCUT2D eigenvalue weighted by Crippen LogP contribution is -2.47. The van der Waals surface area contributed by atoms with Crippen molar-refractivity contribution in [3.63, 3.8) is 0 Å². The van der Waals surface area contributed by atoms with Gasteiger partial charge in [-0.25, -0.2) is 4.79 Å². The molecule has 0 spiro atoms. The van der Waals surface area contributed by atoms with Crippen molar-refractivity contribution in [3.05, 3.63) is 0 Å². The molecule has 98 valence electrons. The van der Waals surface area contributed by atoms with Crippen LogP contribution in [0.2, 0.25) is 0 Å². The first-order chi connectivity index (χ1) is 8.04. The molecule has 0 unspecified atom stereocenters. The van der Waals surface area contributed by atoms with Crippen molar-refractivity contribution >= 4 is 11.9 Å². The lowest BCUT2D eigenvalue weighted by Gasteiger charge is -2.33. The van der Waals surface area contributed by atoms with Crippen LogP contribution in [0.5, 0.6) is 0 Å². The highest BCUT2D eigenvalue weighted by Crippen LogP contribution is 2.16. The molecule has 0 aromatic carbocycles. The molecule has 0 radical (unpaired) electrons. The smallest absolute Gasteiger partial charge is 0.320 e. The highest BCUT2D eigenvalue weighted by molar-refractivity contribution is 5.83. The fourth-order valence-corrected chi connectivity index (χ4v) is 1.98. The number of nitrogens with zero attached hydrogens (tertiary/aromatic N) is 2. The van der Waals surface area contributed by atoms with Crippen LogP contribution in [0, 0.1) is 5.92 Å². The van der Waals surface area contributed by atoms with Gasteiger partial charge in [-0.05, 0) is 25.7 Å². The summed E-state index contributed by atoms with van der Waals surface area (Å²) >= 11 is 0. The van der Waals surface area contributed by atoms with Crippen molar-refractivity contribution in [3.8, 4) is 0 Å². The van der Waals surface area contributed by atoms with Gasteiger partial charge in [-0.15, -0.1) is 0 Å². The second-order valence-electron chi connectivity index (χ2n) is 4.76. The van der Waals surface area contributed by atoms with Crippen LogP contribution in [0.3, 0.4) is 0 Å². The molecular formula is C12H23N3O2. The van der Waals surface area contributed by atoms with Crippen LogP contribution < -0.4 is 5.32 Å². The summed E-state index contributed by atoms with van der Waals surface area (Å²) in [7, 11) is 1.68. The zero-order valence-electron chi connectivity index (χ0n) is 11.0. The minimum atomic E-state index is -0.103. The quantitative estimate of drug-likeness (QED) is 0.798. The highest BCUT2D eigenvalue weighted by Gasteiger charge is 2.23. The van der Waals surface area contributed by atoms with E-state index in [1.54, 1.807) is 7.05 Å². The first-order valence-corrected chi connectivity index (χ1v) is 6.31. The summed E-state index contributed by atoms with van der Waals surface area (Å²) in [6.07, 6.45) is 2.11. The van der Waals surface area contributed by atoms with Gasteiger partial charge in [0.25, 0.3) is 0 Å². The Labute approximate surface area is 103 Å². The van der Waals surface area contributed by atoms with Gasteiger partial charge in [0.2, 0.25) is 5.91 Å². The Morgan fingerprint density at radius 1 is 1.35 bits per heavy atom. The molecule has 3 amide bonds. The number of urea groups is 1. The van der Waals surface area contributed by atoms with Gasteiger partial charge in [0.1, 0.15) is 6.54 Å². The number of carbonyl (C=O) groups excluding carboxylic acids is 2. The van der Waals surface area contributed by atoms with Crippen LogP contribution in [-0.2, 0) is 4.79 Å². The fourth-order valence-electron chi connectivity index (χ4n) is 1.98. The Kier molecular flexibility index (Phi) is 5.25. The predicted octanol–water partition coefficient (Wildman–Crippen LogP) is 0.906. The first kappa shape index (κ1) is 13.8. The van der Waals surface area contributed by atoms with E-state index in [4.69, 9.17) is 0 Å². The number of hydrogen-bond donors (Lipinski definition) is 1. The van der Waals surface area contributed by atoms with Gasteiger partial charge in [-0.3, -0.25) is 4.79 Å². The van der Waals surface area contributed by atoms with E-state index in [0.717, 1.165) is 25.9 Å². The first-order valence-electron chi connectivity index (χ1n) is 6.31. The summed E-state index contributed by atoms with van der Waals surface area (Å²) in [5.74, 6) is 0.599. The lowest BCUT2D eigenvalue weighted by molar-refractivity contribution is -0.121. The summed E-state index contributed by atoms with van der Waals surface area (Å²) in [5, 5.41) is 2.69. The topological polar surface area (TPSA) is 52.7 Å². The molecule has 1 fully saturated rings. The Morgan fingerprint density at radius 2 is 1.94 bits per heavy atom. The van der Waals surface area contributed by atoms with Gasteiger partial charge in [-0.1, -0.05) is 6.92 Å². The van der Waals surface area contributed by atoms with Crippen LogP contribution in [0.1, 0.15) is 26.7 Å². The molecule has 5 heteroatoms. The Balaban J connectivity index is 2.38. The summed E-state index contributed by atoms with van der Waals surface area (Å²) in [6.45, 7) is 6.42. The van der Waals surface area contributed by atoms with E-state index in [2.05, 4.69) is 12.2 Å². The number of piperidine rings is 1. The number of likely N-dealkylation sites (N-methyl/N-ethyl adjacent to an activating group) is 2. The monoisotopic (exact) mass is 241 g/mol. The zero-order valence-corrected chi connectivity index (χ0v) is 11.0. The number of carbonyl (C=O) groups is 2. The summed E-state index contributed by atoms with van der Waals surface area (Å²) < 4.78 is 0. The molecule has 0 aromatic heterocycles. The van der Waals surface area contributed by atoms with Crippen molar-refractivity contribution in [2.45, 2.75) is 26.7 Å². The molecule has 0 atom stereocenters. The molecule has 1 aliphatic heterocycles. The van der Waals surface area contributed by atoms with E-state index < -0.39 is 0 Å². The summed E-state index contributed by atoms with van der Waals surface area (Å²) in [5.41, 5.74) is 0. The third-order valence-corrected chi connectivity index (χ3v) is 3.14. The molecule has 1 heterocycles. The lowest BCUT2D eigenvalue weighted by atomic mass is 10.00. The maximum absolute atomic E-state index is 12.0. The van der Waals surface area contributed by atoms with E-state index >= 15 is 0 Å². The second-order valence-corrected chi connectivity index (χ2v) is 4.76. The number of hydrogen-bond acceptors (Lipinski definition) is 2. The van der Waals surface area contributed by atoms with E-state index in [1.165, 1.54) is 4.90 Å². The standard InChI is InChI=1S/C12H23N3O2/c1-4-13-11(16)9-14(3)12(17)15-7-5-10(2)6-8-15/h10H,4-9H2,1-3H3,(H,13,16). The number of amides is 3. The molecule has 1 N–H and O–H groups in total. The number of rotatable bonds is 3. The Morgan fingerprint density at radius 3 is 2.47 bits per heavy atom. The van der Waals surface area contributed by atoms with Crippen LogP contribution in [0.25, 0.3) is 0 Å². The molecule has 1 aliphatic rings. The predicted molar refractivity (Wildman–Crippen MR) is 66.7 cm³/mol. The molecule has 5 nitrogen and oxygen atoms in total. The molecule has 1 saturated heterocycles.